The van der Waals surface area contributed by atoms with Gasteiger partial charge in [-0.25, -0.2) is 0 Å². The van der Waals surface area contributed by atoms with Gasteiger partial charge >= 0.3 is 145 Å². The Morgan fingerprint density at radius 1 is 0.710 bits per heavy atom. The minimum atomic E-state index is -2.36. The van der Waals surface area contributed by atoms with E-state index in [0.717, 1.165) is 54.3 Å². The van der Waals surface area contributed by atoms with Crippen LogP contribution in [0.1, 0.15) is 89.4 Å². The van der Waals surface area contributed by atoms with Gasteiger partial charge in [0, 0.05) is 31.2 Å². The van der Waals surface area contributed by atoms with E-state index in [9.17, 15) is 0 Å². The van der Waals surface area contributed by atoms with E-state index in [2.05, 4.69) is 182 Å². The van der Waals surface area contributed by atoms with E-state index in [-0.39, 0.29) is 37.5 Å². The molecule has 0 aliphatic heterocycles. The molecule has 0 N–H and O–H groups in total. The Morgan fingerprint density at radius 2 is 1.36 bits per heavy atom. The molecule has 0 spiro atoms. The van der Waals surface area contributed by atoms with E-state index >= 15 is 0 Å². The van der Waals surface area contributed by atoms with Crippen LogP contribution in [0, 0.1) is 24.4 Å². The molecule has 0 atom stereocenters. The largest absolute Gasteiger partial charge is 0 e. The number of pyridine rings is 1. The summed E-state index contributed by atoms with van der Waals surface area (Å²) in [5, 5.41) is 2.15. The van der Waals surface area contributed by atoms with Gasteiger partial charge in [0.1, 0.15) is 5.58 Å². The molecule has 0 bridgehead atoms. The first kappa shape index (κ1) is 43.2. The van der Waals surface area contributed by atoms with Gasteiger partial charge in [-0.05, 0) is 75.5 Å². The summed E-state index contributed by atoms with van der Waals surface area (Å²) in [5.74, 6) is 8.10. The van der Waals surface area contributed by atoms with Crippen LogP contribution in [-0.2, 0) is 26.5 Å². The summed E-state index contributed by atoms with van der Waals surface area (Å²) in [7, 11) is 0. The molecule has 10 aromatic rings. The third-order valence-electron chi connectivity index (χ3n) is 12.4. The molecule has 0 saturated carbocycles. The molecule has 0 fully saturated rings. The van der Waals surface area contributed by atoms with Crippen molar-refractivity contribution >= 4 is 50.6 Å². The van der Waals surface area contributed by atoms with Gasteiger partial charge in [-0.15, -0.1) is 18.2 Å². The van der Waals surface area contributed by atoms with E-state index < -0.39 is 31.9 Å². The maximum Gasteiger partial charge on any atom is 0 e. The Hall–Kier alpha value is -5.85. The normalized spacial score (nSPS) is 13.4. The Morgan fingerprint density at radius 3 is 1.97 bits per heavy atom. The minimum absolute atomic E-state index is 0. The second-order valence-corrected chi connectivity index (χ2v) is 31.0. The predicted molar refractivity (Wildman–Crippen MR) is 291 cm³/mol. The average Bonchev–Trinajstić information content (AvgIpc) is 3.94. The fourth-order valence-electron chi connectivity index (χ4n) is 9.05. The smallest absolute Gasteiger partial charge is 0 e. The molecule has 69 heavy (non-hydrogen) atoms. The van der Waals surface area contributed by atoms with Crippen LogP contribution >= 0.6 is 0 Å². The van der Waals surface area contributed by atoms with Gasteiger partial charge in [0.25, 0.3) is 0 Å². The van der Waals surface area contributed by atoms with Crippen molar-refractivity contribution in [3.8, 4) is 50.6 Å². The van der Waals surface area contributed by atoms with Crippen LogP contribution in [0.3, 0.4) is 0 Å². The average molecular weight is 1150 g/mol. The van der Waals surface area contributed by atoms with Crippen molar-refractivity contribution in [1.29, 1.82) is 0 Å². The quantitative estimate of drug-likeness (QED) is 0.107. The van der Waals surface area contributed by atoms with Crippen LogP contribution in [-0.4, -0.2) is 27.8 Å². The van der Waals surface area contributed by atoms with Crippen LogP contribution in [0.15, 0.2) is 162 Å². The number of imidazole rings is 1. The second-order valence-electron chi connectivity index (χ2n) is 20.4. The summed E-state index contributed by atoms with van der Waals surface area (Å²) in [5.41, 5.74) is 14.7. The first-order valence-electron chi connectivity index (χ1n) is 26.2. The van der Waals surface area contributed by atoms with Crippen molar-refractivity contribution in [2.45, 2.75) is 90.8 Å². The standard InChI is InChI=1S/C43H35N2O.C20H28GeN.Ir/c1-27(2)36-24-32(30-16-9-6-10-17-30)25-37(28(3)4)41(36)45-39-21-12-11-20-38(39)44-43(45)35-19-13-18-34-33-23-22-31(26-40(33)46-42(34)35)29-14-7-5-8-15-29;1-15-8-10-16(11-9-15)19-12-17(13-20(2,3)4)18(14-22-19)21(5,6)7;/h5-18,20-28H,1-4H3;8-10,12,14H,13H2,1-7H3;/q2*-1;/i;1D3,13D2;. The van der Waals surface area contributed by atoms with E-state index in [0.29, 0.717) is 16.8 Å². The van der Waals surface area contributed by atoms with Gasteiger partial charge in [-0.1, -0.05) is 124 Å². The number of benzene rings is 7. The first-order valence-corrected chi connectivity index (χ1v) is 31.0. The van der Waals surface area contributed by atoms with Crippen LogP contribution in [0.2, 0.25) is 17.3 Å². The molecular weight excluding hydrogens is 1080 g/mol. The van der Waals surface area contributed by atoms with E-state index in [1.807, 2.05) is 45.2 Å². The summed E-state index contributed by atoms with van der Waals surface area (Å²) in [4.78, 5) is 9.87. The van der Waals surface area contributed by atoms with Gasteiger partial charge in [0.2, 0.25) is 0 Å². The maximum absolute atomic E-state index is 8.80. The topological polar surface area (TPSA) is 43.9 Å². The molecule has 10 rings (SSSR count). The summed E-state index contributed by atoms with van der Waals surface area (Å²) in [6.45, 7) is 12.7. The van der Waals surface area contributed by atoms with Crippen molar-refractivity contribution in [3.63, 3.8) is 0 Å². The number of fused-ring (bicyclic) bond motifs is 4. The number of hydrogen-bond donors (Lipinski definition) is 0. The molecule has 0 aliphatic rings. The van der Waals surface area contributed by atoms with Gasteiger partial charge in [-0.3, -0.25) is 4.98 Å². The Kier molecular flexibility index (Phi) is 12.7. The molecular formula is C63H63GeIrN3O-2. The van der Waals surface area contributed by atoms with Gasteiger partial charge in [0.05, 0.1) is 22.4 Å². The SMILES string of the molecule is CC(C)c1cc(-c2ccccc2)cc(C(C)C)c1-n1c(-c2[c-]ccc3c2oc2cc(-c4ccccc4)ccc23)nc2ccccc21.[2H]C([2H])([2H])c1c[c-]c(-c2cc(C([2H])([2H])C(C)(C)C)[c]([Ge]([CH3])([CH3])[CH3])cn2)cc1.[Ir]. The zero-order valence-corrected chi connectivity index (χ0v) is 45.7. The molecule has 0 unspecified atom stereocenters. The molecule has 7 aromatic carbocycles. The summed E-state index contributed by atoms with van der Waals surface area (Å²) in [6, 6.07) is 58.1. The Bertz CT molecular complexity index is 3580. The third-order valence-corrected chi connectivity index (χ3v) is 16.6. The summed E-state index contributed by atoms with van der Waals surface area (Å²) in [6.07, 6.45) is 0.303. The molecule has 0 saturated heterocycles. The molecule has 0 amide bonds. The van der Waals surface area contributed by atoms with Crippen LogP contribution in [0.4, 0.5) is 0 Å². The zero-order chi connectivity index (χ0) is 52.2. The van der Waals surface area contributed by atoms with Crippen LogP contribution < -0.4 is 4.40 Å². The fraction of sp³-hybridized carbons (Fsp3) is 0.238. The molecule has 3 aromatic heterocycles. The molecule has 3 heterocycles. The van der Waals surface area contributed by atoms with Crippen molar-refractivity contribution < 1.29 is 31.4 Å². The van der Waals surface area contributed by atoms with E-state index in [1.54, 1.807) is 12.1 Å². The van der Waals surface area contributed by atoms with E-state index in [4.69, 9.17) is 16.3 Å². The second kappa shape index (κ2) is 20.2. The number of para-hydroxylation sites is 2. The van der Waals surface area contributed by atoms with Crippen molar-refractivity contribution in [2.24, 2.45) is 5.41 Å². The molecule has 351 valence electrons. The summed E-state index contributed by atoms with van der Waals surface area (Å²) >= 11 is -2.36. The third kappa shape index (κ3) is 10.5. The number of aromatic nitrogens is 3. The van der Waals surface area contributed by atoms with Crippen molar-refractivity contribution in [3.05, 3.63) is 192 Å². The first-order chi connectivity index (χ1) is 34.5. The number of furan rings is 1. The minimum Gasteiger partial charge on any atom is 0 e. The fourth-order valence-corrected chi connectivity index (χ4v) is 12.0. The van der Waals surface area contributed by atoms with Crippen molar-refractivity contribution in [1.82, 2.24) is 14.5 Å². The number of aryl methyl sites for hydroxylation is 1. The van der Waals surface area contributed by atoms with Gasteiger partial charge in [0.15, 0.2) is 0 Å². The van der Waals surface area contributed by atoms with Crippen LogP contribution in [0.25, 0.3) is 83.6 Å². The predicted octanol–water partition coefficient (Wildman–Crippen LogP) is 17.0. The molecule has 6 heteroatoms. The number of hydrogen-bond acceptors (Lipinski definition) is 3. The Labute approximate surface area is 433 Å². The molecule has 0 aliphatic carbocycles. The molecule has 1 radical (unpaired) electrons. The van der Waals surface area contributed by atoms with E-state index in [1.165, 1.54) is 39.6 Å². The van der Waals surface area contributed by atoms with Crippen molar-refractivity contribution in [2.75, 3.05) is 0 Å². The summed E-state index contributed by atoms with van der Waals surface area (Å²) < 4.78 is 50.2. The van der Waals surface area contributed by atoms with Gasteiger partial charge in [-0.2, -0.15) is 0 Å². The monoisotopic (exact) mass is 1150 g/mol. The maximum atomic E-state index is 8.80. The van der Waals surface area contributed by atoms with Gasteiger partial charge < -0.3 is 8.98 Å². The van der Waals surface area contributed by atoms with Crippen LogP contribution in [0.5, 0.6) is 0 Å². The molecule has 4 nitrogen and oxygen atoms in total. The number of rotatable bonds is 9. The zero-order valence-electron chi connectivity index (χ0n) is 46.2. The number of nitrogens with zero attached hydrogens (tertiary/aromatic N) is 3. The Balaban J connectivity index is 0.000000224.